The van der Waals surface area contributed by atoms with Crippen LogP contribution in [0.2, 0.25) is 0 Å². The van der Waals surface area contributed by atoms with Gasteiger partial charge in [0, 0.05) is 19.6 Å². The van der Waals surface area contributed by atoms with Gasteiger partial charge in [0.05, 0.1) is 6.04 Å². The number of rotatable bonds is 10. The summed E-state index contributed by atoms with van der Waals surface area (Å²) in [6.07, 6.45) is 1.68. The number of hydrogen-bond acceptors (Lipinski definition) is 3. The maximum atomic E-state index is 12.6. The third kappa shape index (κ3) is 6.16. The van der Waals surface area contributed by atoms with Gasteiger partial charge in [0.1, 0.15) is 0 Å². The minimum atomic E-state index is -0.384. The van der Waals surface area contributed by atoms with Crippen LogP contribution in [-0.2, 0) is 11.3 Å². The Morgan fingerprint density at radius 1 is 1.09 bits per heavy atom. The molecule has 1 aromatic carbocycles. The molecule has 0 saturated carbocycles. The van der Waals surface area contributed by atoms with Crippen LogP contribution in [0.15, 0.2) is 30.3 Å². The van der Waals surface area contributed by atoms with Gasteiger partial charge in [-0.05, 0) is 25.1 Å². The van der Waals surface area contributed by atoms with Crippen molar-refractivity contribution in [2.75, 3.05) is 26.2 Å². The number of nitrogens with two attached hydrogens (primary N) is 1. The number of benzene rings is 1. The molecule has 2 N–H and O–H groups in total. The van der Waals surface area contributed by atoms with E-state index in [1.54, 1.807) is 0 Å². The van der Waals surface area contributed by atoms with Gasteiger partial charge in [0.25, 0.3) is 0 Å². The molecule has 1 unspecified atom stereocenters. The Hall–Kier alpha value is -1.39. The molecule has 1 aromatic rings. The molecular weight excluding hydrogens is 274 g/mol. The van der Waals surface area contributed by atoms with Gasteiger partial charge in [-0.1, -0.05) is 57.5 Å². The number of carbonyl (C=O) groups is 1. The molecule has 1 atom stereocenters. The Bertz CT molecular complexity index is 418. The van der Waals surface area contributed by atoms with Gasteiger partial charge in [-0.2, -0.15) is 0 Å². The van der Waals surface area contributed by atoms with Crippen LogP contribution in [0.25, 0.3) is 0 Å². The third-order valence-electron chi connectivity index (χ3n) is 4.03. The van der Waals surface area contributed by atoms with Crippen LogP contribution in [0.4, 0.5) is 0 Å². The standard InChI is InChI=1S/C18H31N3O/c1-4-10-17(19)18(22)21(14-13-20(5-2)6-3)15-16-11-8-7-9-12-16/h7-9,11-12,17H,4-6,10,13-15,19H2,1-3H3. The number of likely N-dealkylation sites (N-methyl/N-ethyl adjacent to an activating group) is 1. The van der Waals surface area contributed by atoms with Gasteiger partial charge in [0.2, 0.25) is 5.91 Å². The van der Waals surface area contributed by atoms with Gasteiger partial charge in [-0.25, -0.2) is 0 Å². The Morgan fingerprint density at radius 2 is 1.73 bits per heavy atom. The van der Waals surface area contributed by atoms with E-state index >= 15 is 0 Å². The number of amides is 1. The van der Waals surface area contributed by atoms with E-state index < -0.39 is 0 Å². The second-order valence-electron chi connectivity index (χ2n) is 5.67. The highest BCUT2D eigenvalue weighted by molar-refractivity contribution is 5.81. The Balaban J connectivity index is 2.73. The highest BCUT2D eigenvalue weighted by Gasteiger charge is 2.20. The monoisotopic (exact) mass is 305 g/mol. The lowest BCUT2D eigenvalue weighted by Gasteiger charge is -2.28. The summed E-state index contributed by atoms with van der Waals surface area (Å²) in [4.78, 5) is 16.8. The molecule has 1 rings (SSSR count). The van der Waals surface area contributed by atoms with E-state index in [0.29, 0.717) is 6.54 Å². The van der Waals surface area contributed by atoms with Crippen molar-refractivity contribution in [3.63, 3.8) is 0 Å². The van der Waals surface area contributed by atoms with Crippen LogP contribution >= 0.6 is 0 Å². The van der Waals surface area contributed by atoms with E-state index in [-0.39, 0.29) is 11.9 Å². The molecule has 0 spiro atoms. The van der Waals surface area contributed by atoms with Crippen LogP contribution in [0.1, 0.15) is 39.2 Å². The minimum absolute atomic E-state index is 0.0675. The van der Waals surface area contributed by atoms with Gasteiger partial charge in [-0.15, -0.1) is 0 Å². The Morgan fingerprint density at radius 3 is 2.27 bits per heavy atom. The molecular formula is C18H31N3O. The second kappa shape index (κ2) is 10.4. The van der Waals surface area contributed by atoms with Crippen LogP contribution in [-0.4, -0.2) is 47.9 Å². The highest BCUT2D eigenvalue weighted by atomic mass is 16.2. The minimum Gasteiger partial charge on any atom is -0.336 e. The molecule has 0 aromatic heterocycles. The smallest absolute Gasteiger partial charge is 0.239 e. The zero-order chi connectivity index (χ0) is 16.4. The number of carbonyl (C=O) groups excluding carboxylic acids is 1. The van der Waals surface area contributed by atoms with Gasteiger partial charge in [-0.3, -0.25) is 4.79 Å². The first-order valence-electron chi connectivity index (χ1n) is 8.42. The second-order valence-corrected chi connectivity index (χ2v) is 5.67. The van der Waals surface area contributed by atoms with E-state index in [9.17, 15) is 4.79 Å². The molecule has 0 aliphatic heterocycles. The molecule has 0 aliphatic carbocycles. The summed E-state index contributed by atoms with van der Waals surface area (Å²) in [6.45, 7) is 10.6. The molecule has 0 radical (unpaired) electrons. The normalized spacial score (nSPS) is 12.4. The molecule has 124 valence electrons. The summed E-state index contributed by atoms with van der Waals surface area (Å²) in [6, 6.07) is 9.74. The molecule has 4 nitrogen and oxygen atoms in total. The predicted octanol–water partition coefficient (Wildman–Crippen LogP) is 2.48. The van der Waals surface area contributed by atoms with E-state index in [0.717, 1.165) is 44.6 Å². The van der Waals surface area contributed by atoms with Crippen molar-refractivity contribution in [3.05, 3.63) is 35.9 Å². The van der Waals surface area contributed by atoms with Gasteiger partial charge in [0.15, 0.2) is 0 Å². The fourth-order valence-corrected chi connectivity index (χ4v) is 2.54. The molecule has 1 amide bonds. The summed E-state index contributed by atoms with van der Waals surface area (Å²) in [7, 11) is 0. The van der Waals surface area contributed by atoms with Crippen molar-refractivity contribution >= 4 is 5.91 Å². The largest absolute Gasteiger partial charge is 0.336 e. The summed E-state index contributed by atoms with van der Waals surface area (Å²) in [5, 5.41) is 0. The van der Waals surface area contributed by atoms with Crippen LogP contribution in [0.5, 0.6) is 0 Å². The number of nitrogens with zero attached hydrogens (tertiary/aromatic N) is 2. The molecule has 22 heavy (non-hydrogen) atoms. The van der Waals surface area contributed by atoms with Crippen molar-refractivity contribution < 1.29 is 4.79 Å². The first-order chi connectivity index (χ1) is 10.6. The lowest BCUT2D eigenvalue weighted by atomic mass is 10.1. The molecule has 0 saturated heterocycles. The molecule has 4 heteroatoms. The van der Waals surface area contributed by atoms with Crippen molar-refractivity contribution in [2.45, 2.75) is 46.2 Å². The summed E-state index contributed by atoms with van der Waals surface area (Å²) < 4.78 is 0. The average molecular weight is 305 g/mol. The van der Waals surface area contributed by atoms with Crippen LogP contribution in [0.3, 0.4) is 0 Å². The molecule has 0 fully saturated rings. The average Bonchev–Trinajstić information content (AvgIpc) is 2.55. The molecule has 0 aliphatic rings. The fourth-order valence-electron chi connectivity index (χ4n) is 2.54. The topological polar surface area (TPSA) is 49.6 Å². The van der Waals surface area contributed by atoms with Crippen molar-refractivity contribution in [3.8, 4) is 0 Å². The zero-order valence-electron chi connectivity index (χ0n) is 14.3. The third-order valence-corrected chi connectivity index (χ3v) is 4.03. The first kappa shape index (κ1) is 18.7. The fraction of sp³-hybridized carbons (Fsp3) is 0.611. The predicted molar refractivity (Wildman–Crippen MR) is 92.5 cm³/mol. The highest BCUT2D eigenvalue weighted by Crippen LogP contribution is 2.08. The van der Waals surface area contributed by atoms with Crippen molar-refractivity contribution in [2.24, 2.45) is 5.73 Å². The van der Waals surface area contributed by atoms with Gasteiger partial charge >= 0.3 is 0 Å². The van der Waals surface area contributed by atoms with Crippen molar-refractivity contribution in [1.82, 2.24) is 9.80 Å². The SMILES string of the molecule is CCCC(N)C(=O)N(CCN(CC)CC)Cc1ccccc1. The lowest BCUT2D eigenvalue weighted by molar-refractivity contribution is -0.133. The Labute approximate surface area is 135 Å². The summed E-state index contributed by atoms with van der Waals surface area (Å²) in [5.41, 5.74) is 7.20. The van der Waals surface area contributed by atoms with E-state index in [4.69, 9.17) is 5.73 Å². The quantitative estimate of drug-likeness (QED) is 0.722. The zero-order valence-corrected chi connectivity index (χ0v) is 14.3. The summed E-state index contributed by atoms with van der Waals surface area (Å²) >= 11 is 0. The van der Waals surface area contributed by atoms with Gasteiger partial charge < -0.3 is 15.5 Å². The van der Waals surface area contributed by atoms with Crippen molar-refractivity contribution in [1.29, 1.82) is 0 Å². The van der Waals surface area contributed by atoms with Crippen LogP contribution in [0, 0.1) is 0 Å². The Kier molecular flexibility index (Phi) is 8.78. The first-order valence-corrected chi connectivity index (χ1v) is 8.42. The summed E-state index contributed by atoms with van der Waals surface area (Å²) in [5.74, 6) is 0.0675. The maximum absolute atomic E-state index is 12.6. The van der Waals surface area contributed by atoms with E-state index in [2.05, 4.69) is 37.8 Å². The molecule has 0 heterocycles. The van der Waals surface area contributed by atoms with Crippen LogP contribution < -0.4 is 5.73 Å². The number of hydrogen-bond donors (Lipinski definition) is 1. The maximum Gasteiger partial charge on any atom is 0.239 e. The van der Waals surface area contributed by atoms with E-state index in [1.807, 2.05) is 23.1 Å². The van der Waals surface area contributed by atoms with E-state index in [1.165, 1.54) is 0 Å². The lowest BCUT2D eigenvalue weighted by Crippen LogP contribution is -2.46. The molecule has 0 bridgehead atoms.